The Morgan fingerprint density at radius 3 is 0.793 bits per heavy atom. The lowest BCUT2D eigenvalue weighted by Gasteiger charge is -2.33. The maximum absolute atomic E-state index is 10.6. The molecular formula is C40H94O18. The maximum Gasteiger partial charge on any atom is 0.329 e. The molecule has 0 aromatic rings. The molecular weight excluding hydrogens is 768 g/mol. The van der Waals surface area contributed by atoms with Crippen molar-refractivity contribution in [3.8, 4) is 0 Å². The van der Waals surface area contributed by atoms with Crippen LogP contribution in [0.1, 0.15) is 101 Å². The fourth-order valence-electron chi connectivity index (χ4n) is 3.77. The predicted molar refractivity (Wildman–Crippen MR) is 231 cm³/mol. The van der Waals surface area contributed by atoms with Gasteiger partial charge in [0.2, 0.25) is 0 Å². The largest absolute Gasteiger partial charge is 0.480 e. The summed E-state index contributed by atoms with van der Waals surface area (Å²) < 4.78 is 64.4. The Kier molecular flexibility index (Phi) is 84.4. The van der Waals surface area contributed by atoms with Gasteiger partial charge in [-0.05, 0) is 12.8 Å². The van der Waals surface area contributed by atoms with Gasteiger partial charge < -0.3 is 67.1 Å². The molecule has 0 amide bonds. The van der Waals surface area contributed by atoms with Crippen molar-refractivity contribution in [1.29, 1.82) is 0 Å². The minimum absolute atomic E-state index is 0. The number of hydrogen-bond acceptors (Lipinski definition) is 16. The molecule has 0 saturated carbocycles. The van der Waals surface area contributed by atoms with Crippen LogP contribution in [0.4, 0.5) is 0 Å². The first-order chi connectivity index (χ1) is 23.3. The van der Waals surface area contributed by atoms with Gasteiger partial charge in [0.25, 0.3) is 12.9 Å². The van der Waals surface area contributed by atoms with Crippen molar-refractivity contribution >= 4 is 24.9 Å². The van der Waals surface area contributed by atoms with Gasteiger partial charge in [0.15, 0.2) is 13.6 Å². The minimum Gasteiger partial charge on any atom is -0.480 e. The van der Waals surface area contributed by atoms with Crippen molar-refractivity contribution < 1.29 is 86.2 Å². The lowest BCUT2D eigenvalue weighted by Crippen LogP contribution is -2.39. The SMILES string of the molecule is C.C.C.C.C.C.C.C.C.C.CCC(COCCOCOC=O)(COCCOCOC=O)COCCOCC(CC)(COCCOCC(=O)O)COCCOCC(=O)O. The quantitative estimate of drug-likeness (QED) is 0.0371. The molecule has 362 valence electrons. The van der Waals surface area contributed by atoms with E-state index in [1.807, 2.05) is 13.8 Å². The molecule has 0 bridgehead atoms. The van der Waals surface area contributed by atoms with E-state index >= 15 is 0 Å². The third-order valence-electron chi connectivity index (χ3n) is 6.70. The maximum atomic E-state index is 10.6. The Bertz CT molecular complexity index is 756. The predicted octanol–water partition coefficient (Wildman–Crippen LogP) is 6.74. The molecule has 0 heterocycles. The zero-order valence-electron chi connectivity index (χ0n) is 28.1. The summed E-state index contributed by atoms with van der Waals surface area (Å²) in [6, 6.07) is 0. The smallest absolute Gasteiger partial charge is 0.329 e. The number of rotatable bonds is 39. The highest BCUT2D eigenvalue weighted by molar-refractivity contribution is 5.68. The van der Waals surface area contributed by atoms with Crippen LogP contribution in [0, 0.1) is 10.8 Å². The van der Waals surface area contributed by atoms with Gasteiger partial charge >= 0.3 is 11.9 Å². The highest BCUT2D eigenvalue weighted by Gasteiger charge is 2.31. The lowest BCUT2D eigenvalue weighted by molar-refractivity contribution is -0.144. The summed E-state index contributed by atoms with van der Waals surface area (Å²) in [5.41, 5.74) is -1.05. The topological polar surface area (TPSA) is 219 Å². The zero-order chi connectivity index (χ0) is 35.6. The molecule has 0 aliphatic rings. The first-order valence-electron chi connectivity index (χ1n) is 15.6. The van der Waals surface area contributed by atoms with Gasteiger partial charge in [0, 0.05) is 10.8 Å². The van der Waals surface area contributed by atoms with E-state index in [2.05, 4.69) is 9.47 Å². The molecule has 0 unspecified atom stereocenters. The molecule has 0 aromatic carbocycles. The van der Waals surface area contributed by atoms with E-state index < -0.39 is 36.0 Å². The molecule has 0 aliphatic heterocycles. The summed E-state index contributed by atoms with van der Waals surface area (Å²) in [6.07, 6.45) is 1.29. The summed E-state index contributed by atoms with van der Waals surface area (Å²) in [6.45, 7) is 7.18. The average Bonchev–Trinajstić information content (AvgIpc) is 3.07. The van der Waals surface area contributed by atoms with Crippen molar-refractivity contribution in [2.24, 2.45) is 10.8 Å². The van der Waals surface area contributed by atoms with Crippen LogP contribution in [-0.2, 0) is 76.0 Å². The number of carboxylic acid groups (broad SMARTS) is 2. The van der Waals surface area contributed by atoms with Gasteiger partial charge in [0.05, 0.1) is 106 Å². The van der Waals surface area contributed by atoms with Crippen molar-refractivity contribution in [1.82, 2.24) is 0 Å². The average molecular weight is 863 g/mol. The van der Waals surface area contributed by atoms with Crippen LogP contribution < -0.4 is 0 Å². The van der Waals surface area contributed by atoms with Crippen molar-refractivity contribution in [3.63, 3.8) is 0 Å². The molecule has 0 atom stereocenters. The fraction of sp³-hybridized carbons (Fsp3) is 0.900. The van der Waals surface area contributed by atoms with E-state index in [0.29, 0.717) is 45.6 Å². The van der Waals surface area contributed by atoms with Crippen molar-refractivity contribution in [2.45, 2.75) is 101 Å². The lowest BCUT2D eigenvalue weighted by atomic mass is 9.88. The second-order valence-corrected chi connectivity index (χ2v) is 10.5. The standard InChI is InChI=1S/C30H54O18.10CH4/c1-3-29(17-39-7-5-37-15-27(33)34,18-40-8-6-38-16-28(35)36)19-41-9-10-42-20-30(4-2,21-43-11-13-45-25-47-23-31)22-44-12-14-46-26-48-24-32;;;;;;;;;;/h23-24H,3-22,25-26H2,1-2H3,(H,33,34)(H,35,36);10*1H4. The summed E-state index contributed by atoms with van der Waals surface area (Å²) in [7, 11) is 0. The Hall–Kier alpha value is -2.52. The Morgan fingerprint density at radius 2 is 0.603 bits per heavy atom. The van der Waals surface area contributed by atoms with Crippen molar-refractivity contribution in [3.05, 3.63) is 0 Å². The van der Waals surface area contributed by atoms with Crippen LogP contribution in [0.2, 0.25) is 0 Å². The highest BCUT2D eigenvalue weighted by atomic mass is 16.7. The van der Waals surface area contributed by atoms with Crippen LogP contribution in [0.5, 0.6) is 0 Å². The molecule has 18 heteroatoms. The normalized spacial score (nSPS) is 9.76. The number of aliphatic carboxylic acids is 2. The van der Waals surface area contributed by atoms with Gasteiger partial charge in [-0.15, -0.1) is 0 Å². The molecule has 18 nitrogen and oxygen atoms in total. The summed E-state index contributed by atoms with van der Waals surface area (Å²) in [4.78, 5) is 41.7. The second kappa shape index (κ2) is 58.8. The third kappa shape index (κ3) is 49.6. The van der Waals surface area contributed by atoms with E-state index in [9.17, 15) is 19.2 Å². The number of carbonyl (C=O) groups is 4. The van der Waals surface area contributed by atoms with E-state index in [-0.39, 0.29) is 174 Å². The minimum atomic E-state index is -1.07. The first-order valence-corrected chi connectivity index (χ1v) is 15.6. The number of hydrogen-bond donors (Lipinski definition) is 2. The number of carbonyl (C=O) groups excluding carboxylic acids is 2. The monoisotopic (exact) mass is 863 g/mol. The van der Waals surface area contributed by atoms with E-state index in [0.717, 1.165) is 0 Å². The molecule has 0 aromatic heterocycles. The van der Waals surface area contributed by atoms with Crippen LogP contribution in [0.15, 0.2) is 0 Å². The molecule has 0 spiro atoms. The Labute approximate surface area is 355 Å². The fourth-order valence-corrected chi connectivity index (χ4v) is 3.77. The molecule has 0 saturated heterocycles. The Balaban J connectivity index is -0.000000245. The summed E-state index contributed by atoms with van der Waals surface area (Å²) in [5.74, 6) is -2.13. The van der Waals surface area contributed by atoms with Crippen LogP contribution >= 0.6 is 0 Å². The first kappa shape index (κ1) is 83.2. The van der Waals surface area contributed by atoms with Crippen LogP contribution in [-0.4, -0.2) is 168 Å². The highest BCUT2D eigenvalue weighted by Crippen LogP contribution is 2.25. The van der Waals surface area contributed by atoms with Gasteiger partial charge in [-0.2, -0.15) is 0 Å². The van der Waals surface area contributed by atoms with Gasteiger partial charge in [-0.1, -0.05) is 88.1 Å². The zero-order valence-corrected chi connectivity index (χ0v) is 28.1. The summed E-state index contributed by atoms with van der Waals surface area (Å²) >= 11 is 0. The van der Waals surface area contributed by atoms with E-state index in [1.165, 1.54) is 0 Å². The molecule has 2 N–H and O–H groups in total. The summed E-state index contributed by atoms with van der Waals surface area (Å²) in [5, 5.41) is 17.4. The number of carboxylic acids is 2. The van der Waals surface area contributed by atoms with E-state index in [4.69, 9.17) is 57.6 Å². The molecule has 0 fully saturated rings. The molecule has 0 radical (unpaired) electrons. The molecule has 58 heavy (non-hydrogen) atoms. The van der Waals surface area contributed by atoms with E-state index in [1.54, 1.807) is 0 Å². The van der Waals surface area contributed by atoms with Gasteiger partial charge in [-0.3, -0.25) is 9.59 Å². The Morgan fingerprint density at radius 1 is 0.397 bits per heavy atom. The molecule has 0 aliphatic carbocycles. The van der Waals surface area contributed by atoms with Crippen molar-refractivity contribution in [2.75, 3.05) is 133 Å². The number of ether oxygens (including phenoxy) is 12. The van der Waals surface area contributed by atoms with Crippen LogP contribution in [0.25, 0.3) is 0 Å². The van der Waals surface area contributed by atoms with Gasteiger partial charge in [0.1, 0.15) is 13.2 Å². The second-order valence-electron chi connectivity index (χ2n) is 10.5. The van der Waals surface area contributed by atoms with Gasteiger partial charge in [-0.25, -0.2) is 9.59 Å². The molecule has 0 rings (SSSR count). The van der Waals surface area contributed by atoms with Crippen LogP contribution in [0.3, 0.4) is 0 Å². The third-order valence-corrected chi connectivity index (χ3v) is 6.70.